The van der Waals surface area contributed by atoms with E-state index in [-0.39, 0.29) is 18.2 Å². The number of benzene rings is 2. The van der Waals surface area contributed by atoms with Gasteiger partial charge in [0, 0.05) is 6.07 Å². The van der Waals surface area contributed by atoms with Crippen molar-refractivity contribution in [3.05, 3.63) is 52.8 Å². The second kappa shape index (κ2) is 8.37. The van der Waals surface area contributed by atoms with E-state index in [1.165, 1.54) is 20.3 Å². The highest BCUT2D eigenvalue weighted by Gasteiger charge is 2.16. The summed E-state index contributed by atoms with van der Waals surface area (Å²) in [5, 5.41) is 0. The van der Waals surface area contributed by atoms with Crippen molar-refractivity contribution in [3.8, 4) is 17.2 Å². The van der Waals surface area contributed by atoms with Gasteiger partial charge in [-0.05, 0) is 42.7 Å². The lowest BCUT2D eigenvalue weighted by Gasteiger charge is -2.16. The molecule has 2 aromatic carbocycles. The quantitative estimate of drug-likeness (QED) is 0.571. The predicted molar refractivity (Wildman–Crippen MR) is 90.9 cm³/mol. The van der Waals surface area contributed by atoms with Gasteiger partial charge in [-0.15, -0.1) is 0 Å². The van der Waals surface area contributed by atoms with Crippen molar-refractivity contribution >= 4 is 6.16 Å². The third-order valence-electron chi connectivity index (χ3n) is 3.77. The Balaban J connectivity index is 2.28. The highest BCUT2D eigenvalue weighted by molar-refractivity contribution is 5.65. The van der Waals surface area contributed by atoms with Gasteiger partial charge in [-0.2, -0.15) is 0 Å². The van der Waals surface area contributed by atoms with Crippen LogP contribution in [0.2, 0.25) is 0 Å². The van der Waals surface area contributed by atoms with E-state index in [4.69, 9.17) is 14.2 Å². The maximum absolute atomic E-state index is 14.0. The lowest BCUT2D eigenvalue weighted by atomic mass is 10.1. The molecule has 0 N–H and O–H groups in total. The second-order valence-electron chi connectivity index (χ2n) is 5.34. The van der Waals surface area contributed by atoms with Gasteiger partial charge in [0.25, 0.3) is 0 Å². The average molecular weight is 348 g/mol. The van der Waals surface area contributed by atoms with Crippen molar-refractivity contribution < 1.29 is 28.1 Å². The van der Waals surface area contributed by atoms with E-state index in [1.54, 1.807) is 24.3 Å². The number of ether oxygens (including phenoxy) is 4. The maximum atomic E-state index is 14.0. The molecule has 0 atom stereocenters. The summed E-state index contributed by atoms with van der Waals surface area (Å²) in [6.07, 6.45) is -0.236. The van der Waals surface area contributed by atoms with Crippen molar-refractivity contribution in [2.24, 2.45) is 0 Å². The zero-order chi connectivity index (χ0) is 18.4. The van der Waals surface area contributed by atoms with Gasteiger partial charge in [0.2, 0.25) is 0 Å². The zero-order valence-electron chi connectivity index (χ0n) is 14.7. The minimum Gasteiger partial charge on any atom is -0.496 e. The van der Waals surface area contributed by atoms with E-state index >= 15 is 0 Å². The first-order valence-corrected chi connectivity index (χ1v) is 7.83. The number of rotatable bonds is 6. The van der Waals surface area contributed by atoms with Gasteiger partial charge < -0.3 is 18.9 Å². The number of hydrogen-bond acceptors (Lipinski definition) is 5. The van der Waals surface area contributed by atoms with Gasteiger partial charge >= 0.3 is 6.16 Å². The van der Waals surface area contributed by atoms with Crippen molar-refractivity contribution in [2.75, 3.05) is 14.2 Å². The standard InChI is InChI=1S/C19H21FO5/c1-5-13-9-12(2)18(10-15(13)20)24-11-14-16(22-3)7-6-8-17(14)25-19(21)23-4/h6-10H,5,11H2,1-4H3. The molecule has 0 radical (unpaired) electrons. The normalized spacial score (nSPS) is 10.3. The lowest BCUT2D eigenvalue weighted by Crippen LogP contribution is -2.11. The summed E-state index contributed by atoms with van der Waals surface area (Å²) >= 11 is 0. The number of halogens is 1. The van der Waals surface area contributed by atoms with E-state index in [2.05, 4.69) is 4.74 Å². The Bertz CT molecular complexity index is 758. The molecule has 0 aliphatic heterocycles. The van der Waals surface area contributed by atoms with Crippen LogP contribution in [-0.2, 0) is 17.8 Å². The average Bonchev–Trinajstić information content (AvgIpc) is 2.62. The molecule has 0 aliphatic rings. The second-order valence-corrected chi connectivity index (χ2v) is 5.34. The van der Waals surface area contributed by atoms with E-state index in [0.717, 1.165) is 5.56 Å². The Morgan fingerprint density at radius 3 is 2.48 bits per heavy atom. The molecule has 0 unspecified atom stereocenters. The molecule has 0 aromatic heterocycles. The van der Waals surface area contributed by atoms with Crippen LogP contribution in [0.25, 0.3) is 0 Å². The van der Waals surface area contributed by atoms with Gasteiger partial charge in [-0.1, -0.05) is 13.0 Å². The first kappa shape index (κ1) is 18.6. The van der Waals surface area contributed by atoms with E-state index in [0.29, 0.717) is 29.0 Å². The first-order chi connectivity index (χ1) is 12.0. The Labute approximate surface area is 146 Å². The third-order valence-corrected chi connectivity index (χ3v) is 3.77. The number of methoxy groups -OCH3 is 2. The van der Waals surface area contributed by atoms with Crippen molar-refractivity contribution in [1.82, 2.24) is 0 Å². The number of aryl methyl sites for hydroxylation is 2. The molecule has 0 saturated heterocycles. The molecule has 2 rings (SSSR count). The number of carbonyl (C=O) groups is 1. The molecular weight excluding hydrogens is 327 g/mol. The molecule has 134 valence electrons. The van der Waals surface area contributed by atoms with Crippen LogP contribution in [0.15, 0.2) is 30.3 Å². The largest absolute Gasteiger partial charge is 0.513 e. The Kier molecular flexibility index (Phi) is 6.22. The van der Waals surface area contributed by atoms with Crippen LogP contribution in [0, 0.1) is 12.7 Å². The van der Waals surface area contributed by atoms with Gasteiger partial charge in [-0.3, -0.25) is 0 Å². The first-order valence-electron chi connectivity index (χ1n) is 7.83. The zero-order valence-corrected chi connectivity index (χ0v) is 14.7. The lowest BCUT2D eigenvalue weighted by molar-refractivity contribution is 0.120. The summed E-state index contributed by atoms with van der Waals surface area (Å²) in [7, 11) is 2.72. The van der Waals surface area contributed by atoms with E-state index < -0.39 is 6.16 Å². The van der Waals surface area contributed by atoms with Crippen LogP contribution in [0.1, 0.15) is 23.6 Å². The molecule has 5 nitrogen and oxygen atoms in total. The minimum atomic E-state index is -0.843. The van der Waals surface area contributed by atoms with Gasteiger partial charge in [-0.25, -0.2) is 9.18 Å². The molecular formula is C19H21FO5. The highest BCUT2D eigenvalue weighted by atomic mass is 19.1. The minimum absolute atomic E-state index is 0.0437. The summed E-state index contributed by atoms with van der Waals surface area (Å²) in [5.74, 6) is 0.859. The number of hydrogen-bond donors (Lipinski definition) is 0. The number of carbonyl (C=O) groups excluding carboxylic acids is 1. The topological polar surface area (TPSA) is 54.0 Å². The SMILES string of the molecule is CCc1cc(C)c(OCc2c(OC)cccc2OC(=O)OC)cc1F. The predicted octanol–water partition coefficient (Wildman–Crippen LogP) is 4.43. The summed E-state index contributed by atoms with van der Waals surface area (Å²) in [4.78, 5) is 11.4. The Morgan fingerprint density at radius 2 is 1.84 bits per heavy atom. The van der Waals surface area contributed by atoms with Gasteiger partial charge in [0.05, 0.1) is 19.8 Å². The molecule has 0 amide bonds. The van der Waals surface area contributed by atoms with Crippen LogP contribution in [-0.4, -0.2) is 20.4 Å². The monoisotopic (exact) mass is 348 g/mol. The van der Waals surface area contributed by atoms with Gasteiger partial charge in [0.15, 0.2) is 0 Å². The molecule has 0 saturated carbocycles. The van der Waals surface area contributed by atoms with Crippen molar-refractivity contribution in [1.29, 1.82) is 0 Å². The van der Waals surface area contributed by atoms with Crippen LogP contribution < -0.4 is 14.2 Å². The third kappa shape index (κ3) is 4.41. The molecule has 0 spiro atoms. The van der Waals surface area contributed by atoms with Crippen molar-refractivity contribution in [2.45, 2.75) is 26.9 Å². The molecule has 0 heterocycles. The summed E-state index contributed by atoms with van der Waals surface area (Å²) in [6.45, 7) is 3.79. The van der Waals surface area contributed by atoms with Crippen LogP contribution in [0.4, 0.5) is 9.18 Å². The van der Waals surface area contributed by atoms with Crippen LogP contribution >= 0.6 is 0 Å². The van der Waals surface area contributed by atoms with Crippen molar-refractivity contribution in [3.63, 3.8) is 0 Å². The molecule has 25 heavy (non-hydrogen) atoms. The van der Waals surface area contributed by atoms with Crippen LogP contribution in [0.5, 0.6) is 17.2 Å². The molecule has 0 fully saturated rings. The van der Waals surface area contributed by atoms with E-state index in [1.807, 2.05) is 13.8 Å². The van der Waals surface area contributed by atoms with Crippen LogP contribution in [0.3, 0.4) is 0 Å². The fourth-order valence-electron chi connectivity index (χ4n) is 2.41. The molecule has 6 heteroatoms. The van der Waals surface area contributed by atoms with Gasteiger partial charge in [0.1, 0.15) is 29.7 Å². The maximum Gasteiger partial charge on any atom is 0.513 e. The highest BCUT2D eigenvalue weighted by Crippen LogP contribution is 2.31. The molecule has 2 aromatic rings. The summed E-state index contributed by atoms with van der Waals surface area (Å²) in [5.41, 5.74) is 1.98. The fourth-order valence-corrected chi connectivity index (χ4v) is 2.41. The molecule has 0 aliphatic carbocycles. The fraction of sp³-hybridized carbons (Fsp3) is 0.316. The Hall–Kier alpha value is -2.76. The molecule has 0 bridgehead atoms. The summed E-state index contributed by atoms with van der Waals surface area (Å²) in [6, 6.07) is 8.13. The summed E-state index contributed by atoms with van der Waals surface area (Å²) < 4.78 is 34.7. The van der Waals surface area contributed by atoms with E-state index in [9.17, 15) is 9.18 Å². The smallest absolute Gasteiger partial charge is 0.496 e. The Morgan fingerprint density at radius 1 is 1.12 bits per heavy atom.